The van der Waals surface area contributed by atoms with E-state index in [4.69, 9.17) is 4.74 Å². The summed E-state index contributed by atoms with van der Waals surface area (Å²) in [4.78, 5) is 0. The highest BCUT2D eigenvalue weighted by molar-refractivity contribution is 5.28. The predicted molar refractivity (Wildman–Crippen MR) is 113 cm³/mol. The number of aryl methyl sites for hydroxylation is 2. The molecule has 3 aromatic carbocycles. The third-order valence-electron chi connectivity index (χ3n) is 4.77. The molecule has 2 nitrogen and oxygen atoms in total. The van der Waals surface area contributed by atoms with Crippen molar-refractivity contribution in [1.29, 1.82) is 0 Å². The van der Waals surface area contributed by atoms with Gasteiger partial charge in [-0.15, -0.1) is 0 Å². The van der Waals surface area contributed by atoms with Gasteiger partial charge in [0.05, 0.1) is 0 Å². The lowest BCUT2D eigenvalue weighted by molar-refractivity contribution is 0.306. The van der Waals surface area contributed by atoms with E-state index in [9.17, 15) is 0 Å². The fraction of sp³-hybridized carbons (Fsp3) is 0.280. The molecule has 0 radical (unpaired) electrons. The van der Waals surface area contributed by atoms with E-state index in [1.54, 1.807) is 0 Å². The maximum absolute atomic E-state index is 5.89. The molecule has 1 N–H and O–H groups in total. The molecule has 1 unspecified atom stereocenters. The Balaban J connectivity index is 1.40. The van der Waals surface area contributed by atoms with Crippen LogP contribution in [0, 0.1) is 6.92 Å². The fourth-order valence-electron chi connectivity index (χ4n) is 3.09. The maximum atomic E-state index is 5.89. The van der Waals surface area contributed by atoms with Gasteiger partial charge in [-0.2, -0.15) is 0 Å². The SMILES string of the molecule is Cc1cccc(COc2ccc(CNC(C)CCc3ccccc3)cc2)c1. The monoisotopic (exact) mass is 359 g/mol. The summed E-state index contributed by atoms with van der Waals surface area (Å²) in [5.41, 5.74) is 5.15. The molecule has 0 bridgehead atoms. The third kappa shape index (κ3) is 6.58. The molecule has 0 fully saturated rings. The summed E-state index contributed by atoms with van der Waals surface area (Å²) in [6.45, 7) is 5.85. The first-order chi connectivity index (χ1) is 13.2. The summed E-state index contributed by atoms with van der Waals surface area (Å²) in [6, 6.07) is 28.0. The zero-order valence-corrected chi connectivity index (χ0v) is 16.3. The Morgan fingerprint density at radius 1 is 0.815 bits per heavy atom. The number of nitrogens with one attached hydrogen (secondary N) is 1. The van der Waals surface area contributed by atoms with Crippen LogP contribution in [0.3, 0.4) is 0 Å². The van der Waals surface area contributed by atoms with Gasteiger partial charge in [0.2, 0.25) is 0 Å². The van der Waals surface area contributed by atoms with Crippen LogP contribution in [-0.4, -0.2) is 6.04 Å². The van der Waals surface area contributed by atoms with E-state index >= 15 is 0 Å². The first kappa shape index (κ1) is 19.2. The van der Waals surface area contributed by atoms with Crippen LogP contribution < -0.4 is 10.1 Å². The molecule has 0 aliphatic carbocycles. The Hall–Kier alpha value is -2.58. The number of rotatable bonds is 9. The minimum absolute atomic E-state index is 0.488. The van der Waals surface area contributed by atoms with Gasteiger partial charge in [0, 0.05) is 12.6 Å². The molecule has 0 aliphatic heterocycles. The lowest BCUT2D eigenvalue weighted by Crippen LogP contribution is -2.25. The number of ether oxygens (including phenoxy) is 1. The summed E-state index contributed by atoms with van der Waals surface area (Å²) in [5.74, 6) is 0.914. The second kappa shape index (κ2) is 9.94. The smallest absolute Gasteiger partial charge is 0.119 e. The van der Waals surface area contributed by atoms with Gasteiger partial charge in [0.1, 0.15) is 12.4 Å². The van der Waals surface area contributed by atoms with Crippen LogP contribution in [0.5, 0.6) is 5.75 Å². The predicted octanol–water partition coefficient (Wildman–Crippen LogP) is 5.68. The van der Waals surface area contributed by atoms with E-state index in [-0.39, 0.29) is 0 Å². The Morgan fingerprint density at radius 3 is 2.30 bits per heavy atom. The quantitative estimate of drug-likeness (QED) is 0.530. The molecule has 3 aromatic rings. The summed E-state index contributed by atoms with van der Waals surface area (Å²) >= 11 is 0. The van der Waals surface area contributed by atoms with Crippen molar-refractivity contribution in [3.8, 4) is 5.75 Å². The minimum Gasteiger partial charge on any atom is -0.489 e. The van der Waals surface area contributed by atoms with Crippen LogP contribution in [0.25, 0.3) is 0 Å². The lowest BCUT2D eigenvalue weighted by Gasteiger charge is -2.14. The van der Waals surface area contributed by atoms with Crippen LogP contribution in [0.4, 0.5) is 0 Å². The molecule has 140 valence electrons. The highest BCUT2D eigenvalue weighted by Crippen LogP contribution is 2.15. The fourth-order valence-corrected chi connectivity index (χ4v) is 3.09. The molecule has 0 saturated carbocycles. The average Bonchev–Trinajstić information content (AvgIpc) is 2.71. The van der Waals surface area contributed by atoms with Crippen molar-refractivity contribution in [2.75, 3.05) is 0 Å². The van der Waals surface area contributed by atoms with E-state index in [1.165, 1.54) is 22.3 Å². The Kier molecular flexibility index (Phi) is 7.06. The van der Waals surface area contributed by atoms with Gasteiger partial charge in [-0.1, -0.05) is 72.3 Å². The molecule has 0 heterocycles. The zero-order valence-electron chi connectivity index (χ0n) is 16.3. The van der Waals surface area contributed by atoms with E-state index in [0.717, 1.165) is 25.1 Å². The molecular formula is C25H29NO. The topological polar surface area (TPSA) is 21.3 Å². The maximum Gasteiger partial charge on any atom is 0.119 e. The van der Waals surface area contributed by atoms with Crippen molar-refractivity contribution in [2.24, 2.45) is 0 Å². The summed E-state index contributed by atoms with van der Waals surface area (Å²) in [5, 5.41) is 3.61. The molecule has 0 aromatic heterocycles. The van der Waals surface area contributed by atoms with Gasteiger partial charge >= 0.3 is 0 Å². The van der Waals surface area contributed by atoms with E-state index in [2.05, 4.69) is 98.0 Å². The van der Waals surface area contributed by atoms with E-state index in [0.29, 0.717) is 12.6 Å². The summed E-state index contributed by atoms with van der Waals surface area (Å²) in [7, 11) is 0. The van der Waals surface area contributed by atoms with Gasteiger partial charge in [0.15, 0.2) is 0 Å². The van der Waals surface area contributed by atoms with E-state index in [1.807, 2.05) is 0 Å². The minimum atomic E-state index is 0.488. The second-order valence-electron chi connectivity index (χ2n) is 7.23. The normalized spacial score (nSPS) is 11.9. The number of benzene rings is 3. The Morgan fingerprint density at radius 2 is 1.56 bits per heavy atom. The van der Waals surface area contributed by atoms with Crippen molar-refractivity contribution in [2.45, 2.75) is 45.9 Å². The number of hydrogen-bond acceptors (Lipinski definition) is 2. The second-order valence-corrected chi connectivity index (χ2v) is 7.23. The summed E-state index contributed by atoms with van der Waals surface area (Å²) in [6.07, 6.45) is 2.25. The molecule has 2 heteroatoms. The third-order valence-corrected chi connectivity index (χ3v) is 4.77. The van der Waals surface area contributed by atoms with Gasteiger partial charge in [0.25, 0.3) is 0 Å². The largest absolute Gasteiger partial charge is 0.489 e. The van der Waals surface area contributed by atoms with Crippen molar-refractivity contribution in [3.05, 3.63) is 101 Å². The van der Waals surface area contributed by atoms with Crippen LogP contribution >= 0.6 is 0 Å². The average molecular weight is 360 g/mol. The Bertz CT molecular complexity index is 811. The first-order valence-electron chi connectivity index (χ1n) is 9.73. The first-order valence-corrected chi connectivity index (χ1v) is 9.73. The Labute approximate surface area is 163 Å². The highest BCUT2D eigenvalue weighted by Gasteiger charge is 2.03. The van der Waals surface area contributed by atoms with Crippen molar-refractivity contribution < 1.29 is 4.74 Å². The lowest BCUT2D eigenvalue weighted by atomic mass is 10.1. The van der Waals surface area contributed by atoms with Crippen molar-refractivity contribution >= 4 is 0 Å². The van der Waals surface area contributed by atoms with Crippen LogP contribution in [0.2, 0.25) is 0 Å². The standard InChI is InChI=1S/C25H29NO/c1-20-7-6-10-24(17-20)19-27-25-15-13-23(14-16-25)18-26-21(2)11-12-22-8-4-3-5-9-22/h3-10,13-17,21,26H,11-12,18-19H2,1-2H3. The van der Waals surface area contributed by atoms with E-state index < -0.39 is 0 Å². The zero-order chi connectivity index (χ0) is 18.9. The molecule has 0 aliphatic rings. The van der Waals surface area contributed by atoms with Crippen molar-refractivity contribution in [3.63, 3.8) is 0 Å². The molecule has 27 heavy (non-hydrogen) atoms. The molecular weight excluding hydrogens is 330 g/mol. The number of hydrogen-bond donors (Lipinski definition) is 1. The van der Waals surface area contributed by atoms with Gasteiger partial charge < -0.3 is 10.1 Å². The van der Waals surface area contributed by atoms with Crippen LogP contribution in [-0.2, 0) is 19.6 Å². The van der Waals surface area contributed by atoms with Crippen molar-refractivity contribution in [1.82, 2.24) is 5.32 Å². The molecule has 0 amide bonds. The van der Waals surface area contributed by atoms with Crippen LogP contribution in [0.1, 0.15) is 35.6 Å². The molecule has 0 spiro atoms. The highest BCUT2D eigenvalue weighted by atomic mass is 16.5. The molecule has 1 atom stereocenters. The molecule has 0 saturated heterocycles. The van der Waals surface area contributed by atoms with Gasteiger partial charge in [-0.05, 0) is 55.5 Å². The molecule has 3 rings (SSSR count). The van der Waals surface area contributed by atoms with Gasteiger partial charge in [-0.25, -0.2) is 0 Å². The van der Waals surface area contributed by atoms with Gasteiger partial charge in [-0.3, -0.25) is 0 Å². The summed E-state index contributed by atoms with van der Waals surface area (Å²) < 4.78 is 5.89. The van der Waals surface area contributed by atoms with Crippen LogP contribution in [0.15, 0.2) is 78.9 Å².